The van der Waals surface area contributed by atoms with Gasteiger partial charge in [-0.15, -0.1) is 0 Å². The van der Waals surface area contributed by atoms with Gasteiger partial charge < -0.3 is 9.30 Å². The lowest BCUT2D eigenvalue weighted by Gasteiger charge is -2.00. The molecular weight excluding hydrogens is 206 g/mol. The third kappa shape index (κ3) is 1.48. The summed E-state index contributed by atoms with van der Waals surface area (Å²) in [4.78, 5) is 21.9. The summed E-state index contributed by atoms with van der Waals surface area (Å²) in [5.74, 6) is 0.150. The zero-order valence-corrected chi connectivity index (χ0v) is 9.06. The molecule has 82 valence electrons. The number of aryl methyl sites for hydroxylation is 1. The number of hydrogen-bond acceptors (Lipinski definition) is 3. The molecule has 0 atom stereocenters. The molecule has 0 spiro atoms. The van der Waals surface area contributed by atoms with Crippen molar-refractivity contribution in [2.24, 2.45) is 7.05 Å². The van der Waals surface area contributed by atoms with Crippen LogP contribution in [0.15, 0.2) is 24.4 Å². The molecule has 1 aromatic carbocycles. The summed E-state index contributed by atoms with van der Waals surface area (Å²) in [7, 11) is 3.39. The quantitative estimate of drug-likeness (QED) is 0.445. The summed E-state index contributed by atoms with van der Waals surface area (Å²) in [5.41, 5.74) is 1.30. The molecule has 2 aromatic rings. The number of ketones is 1. The first kappa shape index (κ1) is 10.4. The summed E-state index contributed by atoms with van der Waals surface area (Å²) in [5, 5.41) is 0.735. The van der Waals surface area contributed by atoms with Crippen LogP contribution in [0.3, 0.4) is 0 Å². The van der Waals surface area contributed by atoms with Gasteiger partial charge >= 0.3 is 0 Å². The number of methoxy groups -OCH3 is 1. The molecule has 1 heterocycles. The fourth-order valence-electron chi connectivity index (χ4n) is 1.76. The number of rotatable bonds is 3. The smallest absolute Gasteiger partial charge is 0.227 e. The van der Waals surface area contributed by atoms with Gasteiger partial charge in [0.25, 0.3) is 0 Å². The zero-order chi connectivity index (χ0) is 11.7. The van der Waals surface area contributed by atoms with Crippen LogP contribution >= 0.6 is 0 Å². The standard InChI is InChI=1S/C12H11NO3/c1-13-6-10(12(15)7-14)9-5-8(16-2)3-4-11(9)13/h3-7H,1-2H3. The van der Waals surface area contributed by atoms with Crippen LogP contribution in [-0.2, 0) is 11.8 Å². The van der Waals surface area contributed by atoms with E-state index in [0.717, 1.165) is 10.9 Å². The first-order valence-electron chi connectivity index (χ1n) is 4.80. The van der Waals surface area contributed by atoms with E-state index >= 15 is 0 Å². The van der Waals surface area contributed by atoms with Crippen molar-refractivity contribution in [3.05, 3.63) is 30.0 Å². The highest BCUT2D eigenvalue weighted by molar-refractivity contribution is 6.36. The Labute approximate surface area is 92.4 Å². The Morgan fingerprint density at radius 1 is 1.44 bits per heavy atom. The number of aromatic nitrogens is 1. The molecule has 4 nitrogen and oxygen atoms in total. The summed E-state index contributed by atoms with van der Waals surface area (Å²) in [6, 6.07) is 5.43. The van der Waals surface area contributed by atoms with Gasteiger partial charge in [-0.3, -0.25) is 9.59 Å². The van der Waals surface area contributed by atoms with E-state index in [1.807, 2.05) is 23.7 Å². The second-order valence-corrected chi connectivity index (χ2v) is 3.52. The molecular formula is C12H11NO3. The lowest BCUT2D eigenvalue weighted by molar-refractivity contribution is -0.104. The molecule has 0 amide bonds. The van der Waals surface area contributed by atoms with Crippen LogP contribution in [0.25, 0.3) is 10.9 Å². The molecule has 0 unspecified atom stereocenters. The maximum atomic E-state index is 11.4. The van der Waals surface area contributed by atoms with E-state index in [1.165, 1.54) is 0 Å². The highest BCUT2D eigenvalue weighted by Gasteiger charge is 2.13. The monoisotopic (exact) mass is 217 g/mol. The predicted octanol–water partition coefficient (Wildman–Crippen LogP) is 1.57. The van der Waals surface area contributed by atoms with Gasteiger partial charge in [0.05, 0.1) is 12.7 Å². The highest BCUT2D eigenvalue weighted by atomic mass is 16.5. The van der Waals surface area contributed by atoms with Crippen molar-refractivity contribution in [1.29, 1.82) is 0 Å². The number of ether oxygens (including phenoxy) is 1. The van der Waals surface area contributed by atoms with Crippen molar-refractivity contribution in [2.45, 2.75) is 0 Å². The van der Waals surface area contributed by atoms with Crippen molar-refractivity contribution in [1.82, 2.24) is 4.57 Å². The molecule has 1 aromatic heterocycles. The minimum atomic E-state index is -0.515. The molecule has 4 heteroatoms. The van der Waals surface area contributed by atoms with Gasteiger partial charge in [0.1, 0.15) is 5.75 Å². The van der Waals surface area contributed by atoms with E-state index in [4.69, 9.17) is 4.74 Å². The second kappa shape index (κ2) is 3.81. The molecule has 0 saturated carbocycles. The maximum absolute atomic E-state index is 11.4. The third-order valence-corrected chi connectivity index (χ3v) is 2.57. The van der Waals surface area contributed by atoms with Gasteiger partial charge in [-0.1, -0.05) is 0 Å². The normalized spacial score (nSPS) is 10.4. The summed E-state index contributed by atoms with van der Waals surface area (Å²) in [6.07, 6.45) is 1.98. The Morgan fingerprint density at radius 3 is 2.81 bits per heavy atom. The van der Waals surface area contributed by atoms with Crippen molar-refractivity contribution in [3.63, 3.8) is 0 Å². The summed E-state index contributed by atoms with van der Waals surface area (Å²) < 4.78 is 6.90. The van der Waals surface area contributed by atoms with E-state index in [2.05, 4.69) is 0 Å². The van der Waals surface area contributed by atoms with Gasteiger partial charge in [0.2, 0.25) is 5.78 Å². The van der Waals surface area contributed by atoms with Crippen LogP contribution in [0.1, 0.15) is 10.4 Å². The Balaban J connectivity index is 2.74. The Bertz CT molecular complexity index is 569. The van der Waals surface area contributed by atoms with Crippen LogP contribution in [0, 0.1) is 0 Å². The number of carbonyl (C=O) groups excluding carboxylic acids is 2. The molecule has 0 N–H and O–H groups in total. The lowest BCUT2D eigenvalue weighted by atomic mass is 10.1. The molecule has 0 radical (unpaired) electrons. The number of Topliss-reactive ketones (excluding diaryl/α,β-unsaturated/α-hetero) is 1. The number of nitrogens with zero attached hydrogens (tertiary/aromatic N) is 1. The molecule has 2 rings (SSSR count). The van der Waals surface area contributed by atoms with E-state index < -0.39 is 5.78 Å². The van der Waals surface area contributed by atoms with Gasteiger partial charge in [-0.05, 0) is 18.2 Å². The van der Waals surface area contributed by atoms with Crippen molar-refractivity contribution in [2.75, 3.05) is 7.11 Å². The average molecular weight is 217 g/mol. The number of benzene rings is 1. The van der Waals surface area contributed by atoms with Crippen LogP contribution in [0.2, 0.25) is 0 Å². The highest BCUT2D eigenvalue weighted by Crippen LogP contribution is 2.25. The minimum absolute atomic E-state index is 0.328. The molecule has 0 fully saturated rings. The van der Waals surface area contributed by atoms with Crippen LogP contribution < -0.4 is 4.74 Å². The molecule has 16 heavy (non-hydrogen) atoms. The number of hydrogen-bond donors (Lipinski definition) is 0. The van der Waals surface area contributed by atoms with Gasteiger partial charge in [0.15, 0.2) is 6.29 Å². The maximum Gasteiger partial charge on any atom is 0.227 e. The van der Waals surface area contributed by atoms with Crippen LogP contribution in [-0.4, -0.2) is 23.7 Å². The second-order valence-electron chi connectivity index (χ2n) is 3.52. The van der Waals surface area contributed by atoms with Gasteiger partial charge in [-0.2, -0.15) is 0 Å². The van der Waals surface area contributed by atoms with Crippen molar-refractivity contribution < 1.29 is 14.3 Å². The first-order valence-corrected chi connectivity index (χ1v) is 4.80. The lowest BCUT2D eigenvalue weighted by Crippen LogP contribution is -1.98. The number of carbonyl (C=O) groups is 2. The average Bonchev–Trinajstić information content (AvgIpc) is 2.65. The van der Waals surface area contributed by atoms with Crippen LogP contribution in [0.4, 0.5) is 0 Å². The largest absolute Gasteiger partial charge is 0.497 e. The fraction of sp³-hybridized carbons (Fsp3) is 0.167. The Morgan fingerprint density at radius 2 is 2.19 bits per heavy atom. The van der Waals surface area contributed by atoms with E-state index in [9.17, 15) is 9.59 Å². The molecule has 0 aliphatic rings. The third-order valence-electron chi connectivity index (χ3n) is 2.57. The molecule has 0 aliphatic carbocycles. The molecule has 0 saturated heterocycles. The van der Waals surface area contributed by atoms with Crippen LogP contribution in [0.5, 0.6) is 5.75 Å². The zero-order valence-electron chi connectivity index (χ0n) is 9.06. The van der Waals surface area contributed by atoms with Crippen molar-refractivity contribution in [3.8, 4) is 5.75 Å². The summed E-state index contributed by atoms with van der Waals surface area (Å²) >= 11 is 0. The number of aldehydes is 1. The topological polar surface area (TPSA) is 48.3 Å². The van der Waals surface area contributed by atoms with Gasteiger partial charge in [0, 0.05) is 24.1 Å². The van der Waals surface area contributed by atoms with Gasteiger partial charge in [-0.25, -0.2) is 0 Å². The Hall–Kier alpha value is -2.10. The van der Waals surface area contributed by atoms with E-state index in [1.54, 1.807) is 19.4 Å². The minimum Gasteiger partial charge on any atom is -0.497 e. The van der Waals surface area contributed by atoms with E-state index in [-0.39, 0.29) is 0 Å². The number of fused-ring (bicyclic) bond motifs is 1. The fourth-order valence-corrected chi connectivity index (χ4v) is 1.76. The first-order chi connectivity index (χ1) is 7.67. The SMILES string of the molecule is COc1ccc2c(c1)c(C(=O)C=O)cn2C. The Kier molecular flexibility index (Phi) is 2.48. The molecule has 0 aliphatic heterocycles. The summed E-state index contributed by atoms with van der Waals surface area (Å²) in [6.45, 7) is 0. The van der Waals surface area contributed by atoms with E-state index in [0.29, 0.717) is 17.6 Å². The van der Waals surface area contributed by atoms with Crippen molar-refractivity contribution >= 4 is 23.0 Å². The molecule has 0 bridgehead atoms. The predicted molar refractivity (Wildman–Crippen MR) is 59.9 cm³/mol.